The van der Waals surface area contributed by atoms with Gasteiger partial charge in [-0.3, -0.25) is 9.59 Å². The molecule has 0 aromatic carbocycles. The minimum Gasteiger partial charge on any atom is -0.480 e. The fourth-order valence-corrected chi connectivity index (χ4v) is 1.13. The van der Waals surface area contributed by atoms with Crippen LogP contribution < -0.4 is 5.32 Å². The number of carbonyl (C=O) groups is 3. The van der Waals surface area contributed by atoms with Gasteiger partial charge in [-0.05, 0) is 6.92 Å². The van der Waals surface area contributed by atoms with Gasteiger partial charge in [-0.2, -0.15) is 0 Å². The van der Waals surface area contributed by atoms with Crippen molar-refractivity contribution >= 4 is 18.0 Å². The molecule has 0 rings (SSSR count). The van der Waals surface area contributed by atoms with Gasteiger partial charge in [0.2, 0.25) is 0 Å². The Kier molecular flexibility index (Phi) is 6.01. The van der Waals surface area contributed by atoms with E-state index in [1.807, 2.05) is 0 Å². The van der Waals surface area contributed by atoms with E-state index >= 15 is 0 Å². The fourth-order valence-electron chi connectivity index (χ4n) is 1.13. The van der Waals surface area contributed by atoms with E-state index in [0.29, 0.717) is 0 Å². The summed E-state index contributed by atoms with van der Waals surface area (Å²) in [4.78, 5) is 34.4. The standard InChI is InChI=1S/C10H18N2O5/c1-6(9(15)17-4)5-12(3)10(16)11-7(2)8(13)14/h6-7H,5H2,1-4H3,(H,11,16)(H,13,14). The molecule has 0 saturated heterocycles. The quantitative estimate of drug-likeness (QED) is 0.661. The second kappa shape index (κ2) is 6.72. The summed E-state index contributed by atoms with van der Waals surface area (Å²) in [5.41, 5.74) is 0. The summed E-state index contributed by atoms with van der Waals surface area (Å²) in [5.74, 6) is -2.00. The molecule has 0 heterocycles. The first kappa shape index (κ1) is 15.2. The average Bonchev–Trinajstić information content (AvgIpc) is 2.27. The Hall–Kier alpha value is -1.79. The van der Waals surface area contributed by atoms with Gasteiger partial charge in [-0.15, -0.1) is 0 Å². The van der Waals surface area contributed by atoms with Crippen LogP contribution in [0.5, 0.6) is 0 Å². The Morgan fingerprint density at radius 2 is 1.88 bits per heavy atom. The molecular formula is C10H18N2O5. The van der Waals surface area contributed by atoms with Gasteiger partial charge in [-0.1, -0.05) is 6.92 Å². The molecule has 98 valence electrons. The smallest absolute Gasteiger partial charge is 0.325 e. The van der Waals surface area contributed by atoms with Crippen molar-refractivity contribution in [3.63, 3.8) is 0 Å². The minimum absolute atomic E-state index is 0.158. The van der Waals surface area contributed by atoms with Gasteiger partial charge in [-0.25, -0.2) is 4.79 Å². The number of carboxylic acid groups (broad SMARTS) is 1. The fraction of sp³-hybridized carbons (Fsp3) is 0.700. The van der Waals surface area contributed by atoms with E-state index in [9.17, 15) is 14.4 Å². The van der Waals surface area contributed by atoms with Crippen molar-refractivity contribution in [1.29, 1.82) is 0 Å². The Morgan fingerprint density at radius 1 is 1.35 bits per heavy atom. The number of ether oxygens (including phenoxy) is 1. The summed E-state index contributed by atoms with van der Waals surface area (Å²) in [7, 11) is 2.74. The van der Waals surface area contributed by atoms with Crippen LogP contribution in [0.3, 0.4) is 0 Å². The number of carboxylic acids is 1. The van der Waals surface area contributed by atoms with Crippen LogP contribution in [0.2, 0.25) is 0 Å². The molecule has 2 amide bonds. The van der Waals surface area contributed by atoms with E-state index in [1.165, 1.54) is 26.0 Å². The molecule has 0 aliphatic heterocycles. The zero-order valence-electron chi connectivity index (χ0n) is 10.4. The number of aliphatic carboxylic acids is 1. The van der Waals surface area contributed by atoms with Crippen LogP contribution in [0, 0.1) is 5.92 Å². The molecule has 0 saturated carbocycles. The second-order valence-electron chi connectivity index (χ2n) is 3.81. The lowest BCUT2D eigenvalue weighted by Gasteiger charge is -2.21. The van der Waals surface area contributed by atoms with Crippen LogP contribution in [0.25, 0.3) is 0 Å². The Balaban J connectivity index is 4.23. The van der Waals surface area contributed by atoms with Crippen LogP contribution >= 0.6 is 0 Å². The molecule has 0 fully saturated rings. The van der Waals surface area contributed by atoms with Crippen molar-refractivity contribution in [3.8, 4) is 0 Å². The predicted molar refractivity (Wildman–Crippen MR) is 59.4 cm³/mol. The summed E-state index contributed by atoms with van der Waals surface area (Å²) in [6.07, 6.45) is 0. The Bertz CT molecular complexity index is 305. The normalized spacial score (nSPS) is 13.4. The Labute approximate surface area is 99.7 Å². The number of amides is 2. The number of rotatable bonds is 5. The molecule has 2 N–H and O–H groups in total. The molecule has 0 radical (unpaired) electrons. The van der Waals surface area contributed by atoms with Crippen molar-refractivity contribution < 1.29 is 24.2 Å². The van der Waals surface area contributed by atoms with Gasteiger partial charge >= 0.3 is 18.0 Å². The zero-order valence-corrected chi connectivity index (χ0v) is 10.4. The third kappa shape index (κ3) is 5.19. The van der Waals surface area contributed by atoms with Crippen LogP contribution in [-0.4, -0.2) is 54.7 Å². The highest BCUT2D eigenvalue weighted by Crippen LogP contribution is 2.01. The van der Waals surface area contributed by atoms with E-state index in [1.54, 1.807) is 6.92 Å². The first-order chi connectivity index (χ1) is 7.79. The molecule has 0 spiro atoms. The molecule has 2 atom stereocenters. The van der Waals surface area contributed by atoms with Crippen LogP contribution in [0.1, 0.15) is 13.8 Å². The van der Waals surface area contributed by atoms with Gasteiger partial charge in [0.1, 0.15) is 6.04 Å². The molecule has 0 aliphatic carbocycles. The van der Waals surface area contributed by atoms with Crippen molar-refractivity contribution in [3.05, 3.63) is 0 Å². The third-order valence-corrected chi connectivity index (χ3v) is 2.21. The molecule has 0 aromatic heterocycles. The number of nitrogens with one attached hydrogen (secondary N) is 1. The summed E-state index contributed by atoms with van der Waals surface area (Å²) >= 11 is 0. The summed E-state index contributed by atoms with van der Waals surface area (Å²) < 4.78 is 4.52. The largest absolute Gasteiger partial charge is 0.480 e. The van der Waals surface area contributed by atoms with Crippen LogP contribution in [-0.2, 0) is 14.3 Å². The van der Waals surface area contributed by atoms with Gasteiger partial charge in [0.15, 0.2) is 0 Å². The number of hydrogen-bond acceptors (Lipinski definition) is 4. The number of nitrogens with zero attached hydrogens (tertiary/aromatic N) is 1. The molecule has 7 nitrogen and oxygen atoms in total. The maximum Gasteiger partial charge on any atom is 0.325 e. The molecule has 0 aliphatic rings. The van der Waals surface area contributed by atoms with E-state index in [0.717, 1.165) is 0 Å². The summed E-state index contributed by atoms with van der Waals surface area (Å²) in [5, 5.41) is 10.9. The average molecular weight is 246 g/mol. The molecule has 0 aromatic rings. The molecular weight excluding hydrogens is 228 g/mol. The molecule has 7 heteroatoms. The number of carbonyl (C=O) groups excluding carboxylic acids is 2. The third-order valence-electron chi connectivity index (χ3n) is 2.21. The molecule has 2 unspecified atom stereocenters. The van der Waals surface area contributed by atoms with Gasteiger partial charge in [0, 0.05) is 13.6 Å². The summed E-state index contributed by atoms with van der Waals surface area (Å²) in [6, 6.07) is -1.52. The second-order valence-corrected chi connectivity index (χ2v) is 3.81. The lowest BCUT2D eigenvalue weighted by Crippen LogP contribution is -2.46. The van der Waals surface area contributed by atoms with Crippen molar-refractivity contribution in [2.24, 2.45) is 5.92 Å². The van der Waals surface area contributed by atoms with E-state index in [4.69, 9.17) is 5.11 Å². The number of methoxy groups -OCH3 is 1. The summed E-state index contributed by atoms with van der Waals surface area (Å²) in [6.45, 7) is 3.14. The van der Waals surface area contributed by atoms with Crippen molar-refractivity contribution in [2.75, 3.05) is 20.7 Å². The van der Waals surface area contributed by atoms with Crippen molar-refractivity contribution in [1.82, 2.24) is 10.2 Å². The predicted octanol–water partition coefficient (Wildman–Crippen LogP) is -0.0900. The number of urea groups is 1. The highest BCUT2D eigenvalue weighted by molar-refractivity contribution is 5.82. The van der Waals surface area contributed by atoms with Crippen LogP contribution in [0.4, 0.5) is 4.79 Å². The first-order valence-corrected chi connectivity index (χ1v) is 5.11. The SMILES string of the molecule is COC(=O)C(C)CN(C)C(=O)NC(C)C(=O)O. The topological polar surface area (TPSA) is 95.9 Å². The lowest BCUT2D eigenvalue weighted by molar-refractivity contribution is -0.145. The van der Waals surface area contributed by atoms with E-state index in [-0.39, 0.29) is 6.54 Å². The highest BCUT2D eigenvalue weighted by Gasteiger charge is 2.21. The lowest BCUT2D eigenvalue weighted by atomic mass is 10.2. The minimum atomic E-state index is -1.12. The molecule has 17 heavy (non-hydrogen) atoms. The number of hydrogen-bond donors (Lipinski definition) is 2. The van der Waals surface area contributed by atoms with Gasteiger partial charge < -0.3 is 20.1 Å². The van der Waals surface area contributed by atoms with Crippen molar-refractivity contribution in [2.45, 2.75) is 19.9 Å². The van der Waals surface area contributed by atoms with Gasteiger partial charge in [0.25, 0.3) is 0 Å². The molecule has 0 bridgehead atoms. The van der Waals surface area contributed by atoms with E-state index in [2.05, 4.69) is 10.1 Å². The monoisotopic (exact) mass is 246 g/mol. The zero-order chi connectivity index (χ0) is 13.6. The maximum absolute atomic E-state index is 11.5. The number of esters is 1. The van der Waals surface area contributed by atoms with E-state index < -0.39 is 29.9 Å². The van der Waals surface area contributed by atoms with Crippen LogP contribution in [0.15, 0.2) is 0 Å². The maximum atomic E-state index is 11.5. The van der Waals surface area contributed by atoms with Gasteiger partial charge in [0.05, 0.1) is 13.0 Å². The first-order valence-electron chi connectivity index (χ1n) is 5.11. The highest BCUT2D eigenvalue weighted by atomic mass is 16.5. The Morgan fingerprint density at radius 3 is 2.29 bits per heavy atom.